The first kappa shape index (κ1) is 21.7. The summed E-state index contributed by atoms with van der Waals surface area (Å²) in [5, 5.41) is 1.92. The van der Waals surface area contributed by atoms with Crippen molar-refractivity contribution in [1.82, 2.24) is 19.6 Å². The topological polar surface area (TPSA) is 73.0 Å². The molecule has 0 aromatic heterocycles. The second-order valence-electron chi connectivity index (χ2n) is 10.5. The SMILES string of the molecule is CN1CCN(NC(=O)c2ccc(S(=O)(=O)N3C[C@@]4(C)C[C@@H]3CC(C)(C)C4)cc2)CC1. The summed E-state index contributed by atoms with van der Waals surface area (Å²) in [6.45, 7) is 10.6. The first-order chi connectivity index (χ1) is 14.0. The van der Waals surface area contributed by atoms with Crippen LogP contribution in [0.2, 0.25) is 0 Å². The molecule has 1 amide bonds. The Balaban J connectivity index is 1.46. The highest BCUT2D eigenvalue weighted by atomic mass is 32.2. The number of sulfonamides is 1. The summed E-state index contributed by atoms with van der Waals surface area (Å²) in [5.41, 5.74) is 3.60. The molecule has 8 heteroatoms. The van der Waals surface area contributed by atoms with E-state index in [4.69, 9.17) is 0 Å². The number of carbonyl (C=O) groups excluding carboxylic acids is 1. The predicted octanol–water partition coefficient (Wildman–Crippen LogP) is 2.17. The Kier molecular flexibility index (Phi) is 5.50. The number of piperazine rings is 1. The van der Waals surface area contributed by atoms with Crippen LogP contribution in [0.1, 0.15) is 50.4 Å². The first-order valence-electron chi connectivity index (χ1n) is 10.8. The molecule has 1 saturated carbocycles. The van der Waals surface area contributed by atoms with E-state index in [2.05, 4.69) is 38.1 Å². The van der Waals surface area contributed by atoms with Crippen LogP contribution in [0.4, 0.5) is 0 Å². The Bertz CT molecular complexity index is 907. The number of benzene rings is 1. The zero-order chi connectivity index (χ0) is 21.7. The molecule has 4 rings (SSSR count). The normalized spacial score (nSPS) is 30.3. The van der Waals surface area contributed by atoms with Gasteiger partial charge in [-0.3, -0.25) is 10.2 Å². The minimum Gasteiger partial charge on any atom is -0.304 e. The van der Waals surface area contributed by atoms with Crippen LogP contribution in [0, 0.1) is 10.8 Å². The summed E-state index contributed by atoms with van der Waals surface area (Å²) >= 11 is 0. The summed E-state index contributed by atoms with van der Waals surface area (Å²) in [6.07, 6.45) is 2.88. The summed E-state index contributed by atoms with van der Waals surface area (Å²) in [5.74, 6) is -0.199. The molecule has 1 aliphatic carbocycles. The van der Waals surface area contributed by atoms with Crippen LogP contribution in [0.15, 0.2) is 29.2 Å². The third kappa shape index (κ3) is 4.28. The molecule has 30 heavy (non-hydrogen) atoms. The molecule has 1 N–H and O–H groups in total. The lowest BCUT2D eigenvalue weighted by Gasteiger charge is -2.39. The van der Waals surface area contributed by atoms with Crippen molar-refractivity contribution < 1.29 is 13.2 Å². The number of amides is 1. The van der Waals surface area contributed by atoms with E-state index < -0.39 is 10.0 Å². The predicted molar refractivity (Wildman–Crippen MR) is 116 cm³/mol. The standard InChI is InChI=1S/C22H34N4O3S/c1-21(2)13-18-14-22(3,15-21)16-26(18)30(28,29)19-7-5-17(6-8-19)20(27)23-25-11-9-24(4)10-12-25/h5-8,18H,9-16H2,1-4H3,(H,23,27)/t18-,22-/m0/s1. The Morgan fingerprint density at radius 2 is 1.67 bits per heavy atom. The molecule has 0 unspecified atom stereocenters. The molecule has 7 nitrogen and oxygen atoms in total. The highest BCUT2D eigenvalue weighted by molar-refractivity contribution is 7.89. The van der Waals surface area contributed by atoms with Gasteiger partial charge in [-0.25, -0.2) is 13.4 Å². The molecule has 3 fully saturated rings. The van der Waals surface area contributed by atoms with Crippen molar-refractivity contribution in [3.8, 4) is 0 Å². The zero-order valence-corrected chi connectivity index (χ0v) is 19.3. The van der Waals surface area contributed by atoms with Gasteiger partial charge in [-0.05, 0) is 61.4 Å². The van der Waals surface area contributed by atoms with Gasteiger partial charge in [-0.2, -0.15) is 4.31 Å². The highest BCUT2D eigenvalue weighted by Gasteiger charge is 2.53. The second-order valence-corrected chi connectivity index (χ2v) is 12.4. The maximum absolute atomic E-state index is 13.4. The van der Waals surface area contributed by atoms with Crippen LogP contribution in [0.5, 0.6) is 0 Å². The quantitative estimate of drug-likeness (QED) is 0.786. The lowest BCUT2D eigenvalue weighted by atomic mass is 9.65. The van der Waals surface area contributed by atoms with Crippen molar-refractivity contribution in [3.05, 3.63) is 29.8 Å². The highest BCUT2D eigenvalue weighted by Crippen LogP contribution is 2.53. The van der Waals surface area contributed by atoms with Gasteiger partial charge < -0.3 is 4.90 Å². The zero-order valence-electron chi connectivity index (χ0n) is 18.5. The minimum absolute atomic E-state index is 0.0435. The Morgan fingerprint density at radius 3 is 2.30 bits per heavy atom. The molecule has 2 saturated heterocycles. The third-order valence-electron chi connectivity index (χ3n) is 6.85. The fraction of sp³-hybridized carbons (Fsp3) is 0.682. The average molecular weight is 435 g/mol. The number of rotatable bonds is 4. The lowest BCUT2D eigenvalue weighted by Crippen LogP contribution is -2.52. The number of likely N-dealkylation sites (N-methyl/N-ethyl adjacent to an activating group) is 1. The van der Waals surface area contributed by atoms with Gasteiger partial charge in [-0.15, -0.1) is 0 Å². The molecule has 1 aromatic carbocycles. The molecule has 3 aliphatic rings. The molecule has 2 aliphatic heterocycles. The first-order valence-corrected chi connectivity index (χ1v) is 12.3. The van der Waals surface area contributed by atoms with E-state index in [1.54, 1.807) is 28.6 Å². The molecule has 2 bridgehead atoms. The Hall–Kier alpha value is -1.48. The van der Waals surface area contributed by atoms with E-state index in [9.17, 15) is 13.2 Å². The smallest absolute Gasteiger partial charge is 0.265 e. The third-order valence-corrected chi connectivity index (χ3v) is 8.77. The number of hydrazine groups is 1. The summed E-state index contributed by atoms with van der Waals surface area (Å²) in [7, 11) is -1.51. The van der Waals surface area contributed by atoms with Gasteiger partial charge in [0.05, 0.1) is 4.90 Å². The number of hydrogen-bond acceptors (Lipinski definition) is 5. The molecular formula is C22H34N4O3S. The van der Waals surface area contributed by atoms with Crippen molar-refractivity contribution in [2.24, 2.45) is 10.8 Å². The molecule has 0 radical (unpaired) electrons. The molecular weight excluding hydrogens is 400 g/mol. The van der Waals surface area contributed by atoms with Gasteiger partial charge in [0, 0.05) is 44.3 Å². The molecule has 2 atom stereocenters. The number of hydrogen-bond donors (Lipinski definition) is 1. The van der Waals surface area contributed by atoms with E-state index >= 15 is 0 Å². The number of nitrogens with zero attached hydrogens (tertiary/aromatic N) is 3. The van der Waals surface area contributed by atoms with Crippen LogP contribution >= 0.6 is 0 Å². The van der Waals surface area contributed by atoms with Crippen LogP contribution in [-0.4, -0.2) is 74.4 Å². The van der Waals surface area contributed by atoms with Crippen molar-refractivity contribution in [3.63, 3.8) is 0 Å². The van der Waals surface area contributed by atoms with Crippen LogP contribution in [-0.2, 0) is 10.0 Å². The monoisotopic (exact) mass is 434 g/mol. The van der Waals surface area contributed by atoms with Gasteiger partial charge in [0.15, 0.2) is 0 Å². The Morgan fingerprint density at radius 1 is 1.03 bits per heavy atom. The molecule has 166 valence electrons. The summed E-state index contributed by atoms with van der Waals surface area (Å²) < 4.78 is 28.5. The number of carbonyl (C=O) groups is 1. The van der Waals surface area contributed by atoms with E-state index in [0.29, 0.717) is 12.1 Å². The largest absolute Gasteiger partial charge is 0.304 e. The minimum atomic E-state index is -3.57. The number of fused-ring (bicyclic) bond motifs is 2. The van der Waals surface area contributed by atoms with Crippen LogP contribution < -0.4 is 5.43 Å². The van der Waals surface area contributed by atoms with Crippen molar-refractivity contribution in [2.75, 3.05) is 39.8 Å². The summed E-state index contributed by atoms with van der Waals surface area (Å²) in [4.78, 5) is 15.0. The molecule has 0 spiro atoms. The van der Waals surface area contributed by atoms with Crippen molar-refractivity contribution >= 4 is 15.9 Å². The van der Waals surface area contributed by atoms with Crippen LogP contribution in [0.25, 0.3) is 0 Å². The second kappa shape index (κ2) is 7.58. The fourth-order valence-electron chi connectivity index (χ4n) is 5.73. The van der Waals surface area contributed by atoms with E-state index in [1.165, 1.54) is 0 Å². The molecule has 2 heterocycles. The van der Waals surface area contributed by atoms with Gasteiger partial charge >= 0.3 is 0 Å². The average Bonchev–Trinajstić information content (AvgIpc) is 2.93. The van der Waals surface area contributed by atoms with Crippen LogP contribution in [0.3, 0.4) is 0 Å². The molecule has 1 aromatic rings. The van der Waals surface area contributed by atoms with E-state index in [0.717, 1.165) is 45.4 Å². The maximum Gasteiger partial charge on any atom is 0.265 e. The fourth-order valence-corrected chi connectivity index (χ4v) is 7.50. The van der Waals surface area contributed by atoms with Crippen molar-refractivity contribution in [2.45, 2.75) is 51.0 Å². The van der Waals surface area contributed by atoms with Gasteiger partial charge in [0.25, 0.3) is 5.91 Å². The maximum atomic E-state index is 13.4. The van der Waals surface area contributed by atoms with E-state index in [1.807, 2.05) is 5.01 Å². The van der Waals surface area contributed by atoms with Gasteiger partial charge in [0.2, 0.25) is 10.0 Å². The van der Waals surface area contributed by atoms with Gasteiger partial charge in [0.1, 0.15) is 0 Å². The Labute approximate surface area is 180 Å². The lowest BCUT2D eigenvalue weighted by molar-refractivity contribution is 0.0662. The summed E-state index contributed by atoms with van der Waals surface area (Å²) in [6, 6.07) is 6.44. The number of nitrogens with one attached hydrogen (secondary N) is 1. The van der Waals surface area contributed by atoms with Gasteiger partial charge in [-0.1, -0.05) is 20.8 Å². The van der Waals surface area contributed by atoms with Crippen molar-refractivity contribution in [1.29, 1.82) is 0 Å². The van der Waals surface area contributed by atoms with E-state index in [-0.39, 0.29) is 27.7 Å².